The van der Waals surface area contributed by atoms with Gasteiger partial charge in [0.15, 0.2) is 0 Å². The molecule has 0 unspecified atom stereocenters. The van der Waals surface area contributed by atoms with Crippen LogP contribution in [-0.4, -0.2) is 12.6 Å². The van der Waals surface area contributed by atoms with Gasteiger partial charge in [-0.15, -0.1) is 0 Å². The molecule has 0 rings (SSSR count). The van der Waals surface area contributed by atoms with Gasteiger partial charge in [0.2, 0.25) is 0 Å². The number of hydrogen-bond acceptors (Lipinski definition) is 2. The SMILES string of the molecule is C/C=[C]/C(=O)OCC. The highest BCUT2D eigenvalue weighted by atomic mass is 16.5. The molecular formula is C6H9O2. The lowest BCUT2D eigenvalue weighted by molar-refractivity contribution is -0.138. The first-order chi connectivity index (χ1) is 3.81. The van der Waals surface area contributed by atoms with E-state index in [1.165, 1.54) is 6.08 Å². The van der Waals surface area contributed by atoms with E-state index < -0.39 is 5.97 Å². The van der Waals surface area contributed by atoms with E-state index in [2.05, 4.69) is 10.8 Å². The van der Waals surface area contributed by atoms with E-state index in [0.717, 1.165) is 0 Å². The molecule has 0 aliphatic heterocycles. The van der Waals surface area contributed by atoms with Gasteiger partial charge in [0.05, 0.1) is 12.7 Å². The Balaban J connectivity index is 3.33. The lowest BCUT2D eigenvalue weighted by Crippen LogP contribution is -1.98. The second kappa shape index (κ2) is 4.37. The first-order valence-corrected chi connectivity index (χ1v) is 2.52. The van der Waals surface area contributed by atoms with E-state index >= 15 is 0 Å². The second-order valence-electron chi connectivity index (χ2n) is 1.15. The molecule has 45 valence electrons. The molecule has 0 saturated carbocycles. The van der Waals surface area contributed by atoms with Crippen LogP contribution in [0.25, 0.3) is 0 Å². The van der Waals surface area contributed by atoms with Gasteiger partial charge in [-0.2, -0.15) is 0 Å². The minimum Gasteiger partial charge on any atom is -0.462 e. The molecule has 0 saturated heterocycles. The van der Waals surface area contributed by atoms with Crippen LogP contribution in [0.3, 0.4) is 0 Å². The summed E-state index contributed by atoms with van der Waals surface area (Å²) < 4.78 is 4.50. The van der Waals surface area contributed by atoms with E-state index in [4.69, 9.17) is 0 Å². The molecule has 0 spiro atoms. The van der Waals surface area contributed by atoms with Crippen LogP contribution in [0.4, 0.5) is 0 Å². The molecular weight excluding hydrogens is 104 g/mol. The van der Waals surface area contributed by atoms with Crippen LogP contribution < -0.4 is 0 Å². The molecule has 1 radical (unpaired) electrons. The first kappa shape index (κ1) is 7.21. The maximum Gasteiger partial charge on any atom is 0.338 e. The number of allylic oxidation sites excluding steroid dienone is 1. The average molecular weight is 113 g/mol. The number of esters is 1. The maximum atomic E-state index is 10.3. The lowest BCUT2D eigenvalue weighted by Gasteiger charge is -1.91. The maximum absolute atomic E-state index is 10.3. The number of rotatable bonds is 2. The van der Waals surface area contributed by atoms with Crippen molar-refractivity contribution in [1.82, 2.24) is 0 Å². The molecule has 0 aliphatic rings. The minimum absolute atomic E-state index is 0.394. The van der Waals surface area contributed by atoms with Crippen molar-refractivity contribution in [2.24, 2.45) is 0 Å². The lowest BCUT2D eigenvalue weighted by atomic mass is 10.5. The van der Waals surface area contributed by atoms with Crippen LogP contribution >= 0.6 is 0 Å². The van der Waals surface area contributed by atoms with Crippen molar-refractivity contribution in [3.8, 4) is 0 Å². The average Bonchev–Trinajstić information content (AvgIpc) is 1.68. The van der Waals surface area contributed by atoms with Crippen molar-refractivity contribution in [1.29, 1.82) is 0 Å². The van der Waals surface area contributed by atoms with E-state index in [-0.39, 0.29) is 0 Å². The standard InChI is InChI=1S/C6H9O2/c1-3-5-6(7)8-4-2/h3H,4H2,1-2H3. The van der Waals surface area contributed by atoms with Crippen molar-refractivity contribution in [2.45, 2.75) is 13.8 Å². The fourth-order valence-corrected chi connectivity index (χ4v) is 0.291. The molecule has 0 bridgehead atoms. The topological polar surface area (TPSA) is 26.3 Å². The van der Waals surface area contributed by atoms with Gasteiger partial charge in [0.1, 0.15) is 0 Å². The fraction of sp³-hybridized carbons (Fsp3) is 0.500. The zero-order valence-electron chi connectivity index (χ0n) is 5.10. The largest absolute Gasteiger partial charge is 0.462 e. The van der Waals surface area contributed by atoms with Gasteiger partial charge in [0.25, 0.3) is 0 Å². The third-order valence-corrected chi connectivity index (χ3v) is 0.538. The zero-order chi connectivity index (χ0) is 6.41. The van der Waals surface area contributed by atoms with E-state index in [1.54, 1.807) is 13.8 Å². The summed E-state index contributed by atoms with van der Waals surface area (Å²) in [5, 5.41) is 0. The van der Waals surface area contributed by atoms with Gasteiger partial charge in [-0.3, -0.25) is 0 Å². The van der Waals surface area contributed by atoms with Gasteiger partial charge in [-0.1, -0.05) is 6.08 Å². The van der Waals surface area contributed by atoms with Gasteiger partial charge >= 0.3 is 5.97 Å². The molecule has 0 aromatic rings. The predicted octanol–water partition coefficient (Wildman–Crippen LogP) is 0.929. The normalized spacial score (nSPS) is 9.75. The third-order valence-electron chi connectivity index (χ3n) is 0.538. The third kappa shape index (κ3) is 3.40. The molecule has 0 aliphatic carbocycles. The number of carbonyl (C=O) groups excluding carboxylic acids is 1. The van der Waals surface area contributed by atoms with Gasteiger partial charge in [-0.05, 0) is 13.8 Å². The van der Waals surface area contributed by atoms with Gasteiger partial charge < -0.3 is 4.74 Å². The summed E-state index contributed by atoms with van der Waals surface area (Å²) in [5.74, 6) is -0.394. The van der Waals surface area contributed by atoms with Gasteiger partial charge in [0, 0.05) is 0 Å². The summed E-state index contributed by atoms with van der Waals surface area (Å²) in [6.45, 7) is 3.89. The number of carbonyl (C=O) groups is 1. The molecule has 0 atom stereocenters. The Bertz CT molecular complexity index is 94.7. The molecule has 8 heavy (non-hydrogen) atoms. The van der Waals surface area contributed by atoms with Crippen molar-refractivity contribution in [3.05, 3.63) is 12.2 Å². The van der Waals surface area contributed by atoms with Crippen molar-refractivity contribution < 1.29 is 9.53 Å². The summed E-state index contributed by atoms with van der Waals surface area (Å²) in [7, 11) is 0. The summed E-state index contributed by atoms with van der Waals surface area (Å²) >= 11 is 0. The highest BCUT2D eigenvalue weighted by Gasteiger charge is 1.89. The Kier molecular flexibility index (Phi) is 3.94. The van der Waals surface area contributed by atoms with Crippen molar-refractivity contribution >= 4 is 5.97 Å². The van der Waals surface area contributed by atoms with Crippen molar-refractivity contribution in [3.63, 3.8) is 0 Å². The van der Waals surface area contributed by atoms with Crippen LogP contribution in [0.2, 0.25) is 0 Å². The van der Waals surface area contributed by atoms with E-state index in [0.29, 0.717) is 6.61 Å². The molecule has 0 heterocycles. The predicted molar refractivity (Wildman–Crippen MR) is 30.1 cm³/mol. The zero-order valence-corrected chi connectivity index (χ0v) is 5.10. The van der Waals surface area contributed by atoms with E-state index in [9.17, 15) is 4.79 Å². The van der Waals surface area contributed by atoms with Crippen LogP contribution in [-0.2, 0) is 9.53 Å². The highest BCUT2D eigenvalue weighted by Crippen LogP contribution is 1.76. The molecule has 2 nitrogen and oxygen atoms in total. The van der Waals surface area contributed by atoms with Crippen LogP contribution in [0.1, 0.15) is 13.8 Å². The number of ether oxygens (including phenoxy) is 1. The minimum atomic E-state index is -0.394. The Morgan fingerprint density at radius 1 is 1.88 bits per heavy atom. The van der Waals surface area contributed by atoms with Crippen LogP contribution in [0.15, 0.2) is 6.08 Å². The number of hydrogen-bond donors (Lipinski definition) is 0. The monoisotopic (exact) mass is 113 g/mol. The molecule has 0 amide bonds. The Labute approximate surface area is 49.1 Å². The quantitative estimate of drug-likeness (QED) is 0.393. The van der Waals surface area contributed by atoms with Crippen molar-refractivity contribution in [2.75, 3.05) is 6.61 Å². The molecule has 0 N–H and O–H groups in total. The Hall–Kier alpha value is -0.790. The molecule has 0 fully saturated rings. The second-order valence-corrected chi connectivity index (χ2v) is 1.15. The summed E-state index contributed by atoms with van der Waals surface area (Å²) in [4.78, 5) is 10.3. The molecule has 0 aromatic heterocycles. The summed E-state index contributed by atoms with van der Waals surface area (Å²) in [6.07, 6.45) is 3.89. The molecule has 0 aromatic carbocycles. The Morgan fingerprint density at radius 3 is 2.88 bits per heavy atom. The van der Waals surface area contributed by atoms with Crippen LogP contribution in [0, 0.1) is 6.08 Å². The van der Waals surface area contributed by atoms with E-state index in [1.807, 2.05) is 0 Å². The van der Waals surface area contributed by atoms with Crippen LogP contribution in [0.5, 0.6) is 0 Å². The highest BCUT2D eigenvalue weighted by molar-refractivity contribution is 5.77. The fourth-order valence-electron chi connectivity index (χ4n) is 0.291. The summed E-state index contributed by atoms with van der Waals surface area (Å²) in [5.41, 5.74) is 0. The Morgan fingerprint density at radius 2 is 2.50 bits per heavy atom. The molecule has 2 heteroatoms. The van der Waals surface area contributed by atoms with Gasteiger partial charge in [-0.25, -0.2) is 4.79 Å². The first-order valence-electron chi connectivity index (χ1n) is 2.52. The smallest absolute Gasteiger partial charge is 0.338 e. The summed E-state index contributed by atoms with van der Waals surface area (Å²) in [6, 6.07) is 0.